The average molecular weight is 304 g/mol. The maximum absolute atomic E-state index is 12.2. The number of amides is 1. The number of para-hydroxylation sites is 1. The molecule has 0 aliphatic rings. The molecular formula is C16H20N2O4. The van der Waals surface area contributed by atoms with E-state index in [9.17, 15) is 9.59 Å². The number of carbonyl (C=O) groups excluding carboxylic acids is 2. The molecule has 0 aliphatic carbocycles. The molecule has 0 saturated carbocycles. The van der Waals surface area contributed by atoms with E-state index >= 15 is 0 Å². The molecule has 1 N–H and O–H groups in total. The van der Waals surface area contributed by atoms with Gasteiger partial charge in [0.15, 0.2) is 6.10 Å². The molecule has 1 aromatic rings. The monoisotopic (exact) mass is 304 g/mol. The molecule has 1 rings (SSSR count). The summed E-state index contributed by atoms with van der Waals surface area (Å²) in [5.74, 6) is -0.653. The first-order valence-corrected chi connectivity index (χ1v) is 6.94. The van der Waals surface area contributed by atoms with Gasteiger partial charge in [-0.3, -0.25) is 4.79 Å². The molecule has 0 saturated heterocycles. The summed E-state index contributed by atoms with van der Waals surface area (Å²) in [6.45, 7) is 4.91. The molecule has 0 spiro atoms. The molecule has 0 aromatic heterocycles. The molecule has 0 heterocycles. The summed E-state index contributed by atoms with van der Waals surface area (Å²) in [6.07, 6.45) is -0.475. The zero-order valence-electron chi connectivity index (χ0n) is 13.2. The third kappa shape index (κ3) is 3.98. The van der Waals surface area contributed by atoms with Crippen molar-refractivity contribution in [2.75, 3.05) is 7.11 Å². The normalized spacial score (nSPS) is 14.1. The average Bonchev–Trinajstić information content (AvgIpc) is 2.54. The van der Waals surface area contributed by atoms with Gasteiger partial charge >= 0.3 is 5.97 Å². The lowest BCUT2D eigenvalue weighted by Gasteiger charge is -2.28. The minimum absolute atomic E-state index is 0.323. The Hall–Kier alpha value is -2.55. The van der Waals surface area contributed by atoms with Crippen LogP contribution in [0.4, 0.5) is 0 Å². The lowest BCUT2D eigenvalue weighted by molar-refractivity contribution is -0.151. The van der Waals surface area contributed by atoms with Gasteiger partial charge in [-0.05, 0) is 32.4 Å². The van der Waals surface area contributed by atoms with Crippen LogP contribution >= 0.6 is 0 Å². The number of rotatable bonds is 6. The maximum atomic E-state index is 12.2. The fourth-order valence-electron chi connectivity index (χ4n) is 1.79. The first-order valence-electron chi connectivity index (χ1n) is 6.94. The predicted molar refractivity (Wildman–Crippen MR) is 80.1 cm³/mol. The Labute approximate surface area is 130 Å². The van der Waals surface area contributed by atoms with Gasteiger partial charge in [-0.25, -0.2) is 4.79 Å². The van der Waals surface area contributed by atoms with E-state index in [4.69, 9.17) is 14.7 Å². The van der Waals surface area contributed by atoms with Gasteiger partial charge in [-0.1, -0.05) is 19.1 Å². The van der Waals surface area contributed by atoms with Crippen LogP contribution in [-0.2, 0) is 14.3 Å². The third-order valence-corrected chi connectivity index (χ3v) is 3.42. The minimum atomic E-state index is -1.11. The van der Waals surface area contributed by atoms with Gasteiger partial charge in [0.05, 0.1) is 12.7 Å². The fraction of sp³-hybridized carbons (Fsp3) is 0.438. The molecule has 6 nitrogen and oxygen atoms in total. The summed E-state index contributed by atoms with van der Waals surface area (Å²) in [5.41, 5.74) is -0.772. The van der Waals surface area contributed by atoms with Gasteiger partial charge in [0.1, 0.15) is 17.4 Å². The van der Waals surface area contributed by atoms with Crippen LogP contribution in [0.3, 0.4) is 0 Å². The number of benzene rings is 1. The van der Waals surface area contributed by atoms with Crippen molar-refractivity contribution in [3.05, 3.63) is 29.8 Å². The molecule has 0 radical (unpaired) electrons. The van der Waals surface area contributed by atoms with Gasteiger partial charge in [0, 0.05) is 0 Å². The summed E-state index contributed by atoms with van der Waals surface area (Å²) in [4.78, 5) is 24.0. The largest absolute Gasteiger partial charge is 0.480 e. The Morgan fingerprint density at radius 2 is 2.05 bits per heavy atom. The van der Waals surface area contributed by atoms with Gasteiger partial charge in [-0.2, -0.15) is 5.26 Å². The van der Waals surface area contributed by atoms with Crippen molar-refractivity contribution in [1.29, 1.82) is 5.26 Å². The highest BCUT2D eigenvalue weighted by Gasteiger charge is 2.35. The summed E-state index contributed by atoms with van der Waals surface area (Å²) in [5, 5.41) is 11.6. The van der Waals surface area contributed by atoms with Crippen molar-refractivity contribution >= 4 is 11.9 Å². The topological polar surface area (TPSA) is 88.4 Å². The van der Waals surface area contributed by atoms with Crippen LogP contribution in [0.5, 0.6) is 5.75 Å². The summed E-state index contributed by atoms with van der Waals surface area (Å²) in [6, 6.07) is 8.63. The molecule has 1 aromatic carbocycles. The number of nitrogens with one attached hydrogen (secondary N) is 1. The van der Waals surface area contributed by atoms with Crippen molar-refractivity contribution in [2.45, 2.75) is 38.8 Å². The number of nitrogens with zero attached hydrogens (tertiary/aromatic N) is 1. The zero-order chi connectivity index (χ0) is 16.8. The first-order chi connectivity index (χ1) is 10.4. The number of nitriles is 1. The van der Waals surface area contributed by atoms with E-state index in [1.54, 1.807) is 45.0 Å². The molecule has 118 valence electrons. The number of hydrogen-bond donors (Lipinski definition) is 1. The van der Waals surface area contributed by atoms with Crippen molar-refractivity contribution in [3.8, 4) is 11.8 Å². The van der Waals surface area contributed by atoms with Crippen molar-refractivity contribution < 1.29 is 19.1 Å². The Balaban J connectivity index is 2.81. The molecule has 0 fully saturated rings. The highest BCUT2D eigenvalue weighted by atomic mass is 16.5. The SMILES string of the molecule is CC[C@@](C)(NC(=O)[C@@H](C)Oc1ccccc1C#N)C(=O)OC. The maximum Gasteiger partial charge on any atom is 0.331 e. The second-order valence-corrected chi connectivity index (χ2v) is 5.03. The van der Waals surface area contributed by atoms with Gasteiger partial charge in [-0.15, -0.1) is 0 Å². The number of methoxy groups -OCH3 is 1. The van der Waals surface area contributed by atoms with Crippen LogP contribution in [0, 0.1) is 11.3 Å². The van der Waals surface area contributed by atoms with Crippen LogP contribution in [0.2, 0.25) is 0 Å². The Morgan fingerprint density at radius 3 is 2.59 bits per heavy atom. The number of hydrogen-bond acceptors (Lipinski definition) is 5. The van der Waals surface area contributed by atoms with Crippen LogP contribution in [0.1, 0.15) is 32.8 Å². The quantitative estimate of drug-likeness (QED) is 0.809. The minimum Gasteiger partial charge on any atom is -0.480 e. The highest BCUT2D eigenvalue weighted by Crippen LogP contribution is 2.19. The Kier molecular flexibility index (Phi) is 5.93. The Bertz CT molecular complexity index is 594. The molecular weight excluding hydrogens is 284 g/mol. The van der Waals surface area contributed by atoms with Crippen LogP contribution in [0.25, 0.3) is 0 Å². The molecule has 22 heavy (non-hydrogen) atoms. The van der Waals surface area contributed by atoms with Crippen molar-refractivity contribution in [2.24, 2.45) is 0 Å². The molecule has 0 unspecified atom stereocenters. The first kappa shape index (κ1) is 17.5. The van der Waals surface area contributed by atoms with Crippen LogP contribution < -0.4 is 10.1 Å². The lowest BCUT2D eigenvalue weighted by atomic mass is 9.99. The molecule has 2 atom stereocenters. The van der Waals surface area contributed by atoms with E-state index in [0.717, 1.165) is 0 Å². The molecule has 0 aliphatic heterocycles. The van der Waals surface area contributed by atoms with Gasteiger partial charge in [0.25, 0.3) is 5.91 Å². The predicted octanol–water partition coefficient (Wildman–Crippen LogP) is 1.78. The fourth-order valence-corrected chi connectivity index (χ4v) is 1.79. The highest BCUT2D eigenvalue weighted by molar-refractivity contribution is 5.89. The molecule has 1 amide bonds. The number of ether oxygens (including phenoxy) is 2. The van der Waals surface area contributed by atoms with Crippen molar-refractivity contribution in [3.63, 3.8) is 0 Å². The summed E-state index contributed by atoms with van der Waals surface area (Å²) >= 11 is 0. The second-order valence-electron chi connectivity index (χ2n) is 5.03. The van der Waals surface area contributed by atoms with Gasteiger partial charge < -0.3 is 14.8 Å². The van der Waals surface area contributed by atoms with E-state index < -0.39 is 23.5 Å². The van der Waals surface area contributed by atoms with Crippen LogP contribution in [0.15, 0.2) is 24.3 Å². The van der Waals surface area contributed by atoms with Crippen molar-refractivity contribution in [1.82, 2.24) is 5.32 Å². The standard InChI is InChI=1S/C16H20N2O4/c1-5-16(3,15(20)21-4)18-14(19)11(2)22-13-9-7-6-8-12(13)10-17/h6-9,11H,5H2,1-4H3,(H,18,19)/t11-,16-/m1/s1. The Morgan fingerprint density at radius 1 is 1.41 bits per heavy atom. The number of carbonyl (C=O) groups is 2. The number of esters is 1. The smallest absolute Gasteiger partial charge is 0.331 e. The third-order valence-electron chi connectivity index (χ3n) is 3.42. The van der Waals surface area contributed by atoms with E-state index in [0.29, 0.717) is 17.7 Å². The lowest BCUT2D eigenvalue weighted by Crippen LogP contribution is -2.55. The van der Waals surface area contributed by atoms with Crippen LogP contribution in [-0.4, -0.2) is 30.6 Å². The molecule has 0 bridgehead atoms. The second kappa shape index (κ2) is 7.46. The van der Waals surface area contributed by atoms with E-state index in [1.165, 1.54) is 7.11 Å². The zero-order valence-corrected chi connectivity index (χ0v) is 13.2. The summed E-state index contributed by atoms with van der Waals surface area (Å²) in [7, 11) is 1.27. The molecule has 6 heteroatoms. The van der Waals surface area contributed by atoms with E-state index in [1.807, 2.05) is 6.07 Å². The van der Waals surface area contributed by atoms with E-state index in [2.05, 4.69) is 5.32 Å². The van der Waals surface area contributed by atoms with Gasteiger partial charge in [0.2, 0.25) is 0 Å². The van der Waals surface area contributed by atoms with E-state index in [-0.39, 0.29) is 0 Å². The summed E-state index contributed by atoms with van der Waals surface area (Å²) < 4.78 is 10.2.